The Morgan fingerprint density at radius 1 is 1.19 bits per heavy atom. The lowest BCUT2D eigenvalue weighted by molar-refractivity contribution is -0.385. The van der Waals surface area contributed by atoms with E-state index in [9.17, 15) is 19.7 Å². The van der Waals surface area contributed by atoms with Gasteiger partial charge in [-0.3, -0.25) is 19.7 Å². The molecule has 2 rings (SSSR count). The number of anilines is 2. The van der Waals surface area contributed by atoms with E-state index in [1.54, 1.807) is 18.2 Å². The predicted molar refractivity (Wildman–Crippen MR) is 124 cm³/mol. The third-order valence-electron chi connectivity index (χ3n) is 4.10. The number of rotatable bonds is 9. The van der Waals surface area contributed by atoms with Crippen molar-refractivity contribution < 1.29 is 19.6 Å². The highest BCUT2D eigenvalue weighted by molar-refractivity contribution is 9.11. The van der Waals surface area contributed by atoms with Gasteiger partial charge in [-0.2, -0.15) is 0 Å². The minimum absolute atomic E-state index is 0.0209. The molecular weight excluding hydrogens is 538 g/mol. The summed E-state index contributed by atoms with van der Waals surface area (Å²) in [6.07, 6.45) is -0.0209. The maximum absolute atomic E-state index is 11.7. The minimum atomic E-state index is -0.898. The number of hydrogen-bond acceptors (Lipinski definition) is 7. The highest BCUT2D eigenvalue weighted by Gasteiger charge is 2.15. The zero-order chi connectivity index (χ0) is 23.1. The van der Waals surface area contributed by atoms with Gasteiger partial charge in [0.05, 0.1) is 26.0 Å². The molecule has 31 heavy (non-hydrogen) atoms. The molecule has 1 amide bonds. The minimum Gasteiger partial charge on any atom is -0.481 e. The number of non-ortho nitro benzene ring substituents is 1. The zero-order valence-electron chi connectivity index (χ0n) is 16.6. The standard InChI is InChI=1S/C19H19Br2N5O5/c1-3-25(7-6-18(28)29)12-4-5-16(17(10-12)22-11(2)27)23-24-19-14(20)8-13(26(30)31)9-15(19)21/h4-5,8-10H,3,6-7H2,1-2H3,(H,22,27)(H,28,29). The molecular formula is C19H19Br2N5O5. The number of nitro benzene ring substituents is 1. The smallest absolute Gasteiger partial charge is 0.305 e. The Balaban J connectivity index is 2.41. The first kappa shape index (κ1) is 24.4. The van der Waals surface area contributed by atoms with Gasteiger partial charge in [-0.15, -0.1) is 10.2 Å². The number of nitro groups is 1. The van der Waals surface area contributed by atoms with E-state index in [4.69, 9.17) is 5.11 Å². The average Bonchev–Trinajstić information content (AvgIpc) is 2.68. The number of carboxylic acids is 1. The van der Waals surface area contributed by atoms with Crippen molar-refractivity contribution in [3.05, 3.63) is 49.4 Å². The second-order valence-electron chi connectivity index (χ2n) is 6.32. The molecule has 164 valence electrons. The Hall–Kier alpha value is -2.86. The number of carbonyl (C=O) groups excluding carboxylic acids is 1. The van der Waals surface area contributed by atoms with Crippen molar-refractivity contribution in [2.24, 2.45) is 10.2 Å². The summed E-state index contributed by atoms with van der Waals surface area (Å²) >= 11 is 6.51. The van der Waals surface area contributed by atoms with Crippen molar-refractivity contribution in [3.63, 3.8) is 0 Å². The summed E-state index contributed by atoms with van der Waals surface area (Å²) in [7, 11) is 0. The first-order valence-corrected chi connectivity index (χ1v) is 10.6. The van der Waals surface area contributed by atoms with Gasteiger partial charge in [0, 0.05) is 37.8 Å². The fraction of sp³-hybridized carbons (Fsp3) is 0.263. The van der Waals surface area contributed by atoms with E-state index in [1.807, 2.05) is 11.8 Å². The van der Waals surface area contributed by atoms with Gasteiger partial charge in [0.1, 0.15) is 11.4 Å². The van der Waals surface area contributed by atoms with Crippen LogP contribution in [0, 0.1) is 10.1 Å². The Kier molecular flexibility index (Phi) is 8.63. The van der Waals surface area contributed by atoms with Crippen molar-refractivity contribution in [1.29, 1.82) is 0 Å². The number of aliphatic carboxylic acids is 1. The highest BCUT2D eigenvalue weighted by atomic mass is 79.9. The van der Waals surface area contributed by atoms with E-state index in [0.29, 0.717) is 39.1 Å². The van der Waals surface area contributed by atoms with E-state index in [1.165, 1.54) is 19.1 Å². The monoisotopic (exact) mass is 555 g/mol. The lowest BCUT2D eigenvalue weighted by Gasteiger charge is -2.23. The third-order valence-corrected chi connectivity index (χ3v) is 5.31. The van der Waals surface area contributed by atoms with Crippen LogP contribution < -0.4 is 10.2 Å². The summed E-state index contributed by atoms with van der Waals surface area (Å²) in [4.78, 5) is 34.9. The Bertz CT molecular complexity index is 1020. The maximum atomic E-state index is 11.7. The zero-order valence-corrected chi connectivity index (χ0v) is 19.8. The van der Waals surface area contributed by atoms with E-state index in [-0.39, 0.29) is 18.0 Å². The lowest BCUT2D eigenvalue weighted by Crippen LogP contribution is -2.25. The summed E-state index contributed by atoms with van der Waals surface area (Å²) in [5, 5.41) is 31.0. The normalized spacial score (nSPS) is 10.8. The largest absolute Gasteiger partial charge is 0.481 e. The van der Waals surface area contributed by atoms with Crippen LogP contribution in [0.2, 0.25) is 0 Å². The molecule has 0 aliphatic rings. The van der Waals surface area contributed by atoms with Crippen LogP contribution in [0.3, 0.4) is 0 Å². The molecule has 0 radical (unpaired) electrons. The molecule has 0 atom stereocenters. The maximum Gasteiger partial charge on any atom is 0.305 e. The van der Waals surface area contributed by atoms with Crippen LogP contribution in [0.25, 0.3) is 0 Å². The topological polar surface area (TPSA) is 138 Å². The molecule has 0 saturated heterocycles. The van der Waals surface area contributed by atoms with Crippen LogP contribution in [-0.2, 0) is 9.59 Å². The molecule has 0 fully saturated rings. The molecule has 0 unspecified atom stereocenters. The number of nitrogens with zero attached hydrogens (tertiary/aromatic N) is 4. The van der Waals surface area contributed by atoms with Crippen molar-refractivity contribution in [3.8, 4) is 0 Å². The fourth-order valence-electron chi connectivity index (χ4n) is 2.66. The molecule has 2 aromatic rings. The first-order valence-electron chi connectivity index (χ1n) is 9.06. The van der Waals surface area contributed by atoms with Crippen molar-refractivity contribution in [1.82, 2.24) is 0 Å². The molecule has 2 aromatic carbocycles. The van der Waals surface area contributed by atoms with Gasteiger partial charge >= 0.3 is 5.97 Å². The Morgan fingerprint density at radius 2 is 1.84 bits per heavy atom. The van der Waals surface area contributed by atoms with Crippen molar-refractivity contribution in [2.75, 3.05) is 23.3 Å². The van der Waals surface area contributed by atoms with Gasteiger partial charge in [0.2, 0.25) is 5.91 Å². The van der Waals surface area contributed by atoms with E-state index >= 15 is 0 Å². The number of amides is 1. The highest BCUT2D eigenvalue weighted by Crippen LogP contribution is 2.39. The number of hydrogen-bond donors (Lipinski definition) is 2. The van der Waals surface area contributed by atoms with E-state index < -0.39 is 10.9 Å². The van der Waals surface area contributed by atoms with Crippen LogP contribution in [0.15, 0.2) is 49.5 Å². The quantitative estimate of drug-likeness (QED) is 0.227. The SMILES string of the molecule is CCN(CCC(=O)O)c1ccc(N=Nc2c(Br)cc([N+](=O)[O-])cc2Br)c(NC(C)=O)c1. The molecule has 0 aromatic heterocycles. The predicted octanol–water partition coefficient (Wildman–Crippen LogP) is 5.79. The fourth-order valence-corrected chi connectivity index (χ4v) is 3.98. The van der Waals surface area contributed by atoms with Crippen molar-refractivity contribution in [2.45, 2.75) is 20.3 Å². The van der Waals surface area contributed by atoms with Crippen LogP contribution in [0.1, 0.15) is 20.3 Å². The van der Waals surface area contributed by atoms with Crippen LogP contribution in [0.5, 0.6) is 0 Å². The molecule has 10 nitrogen and oxygen atoms in total. The summed E-state index contributed by atoms with van der Waals surface area (Å²) in [6.45, 7) is 4.15. The third kappa shape index (κ3) is 6.82. The molecule has 0 spiro atoms. The van der Waals surface area contributed by atoms with Crippen LogP contribution >= 0.6 is 31.9 Å². The second kappa shape index (κ2) is 11.0. The molecule has 2 N–H and O–H groups in total. The molecule has 0 aliphatic carbocycles. The number of halogens is 2. The van der Waals surface area contributed by atoms with Gasteiger partial charge in [-0.05, 0) is 57.0 Å². The van der Waals surface area contributed by atoms with Crippen LogP contribution in [0.4, 0.5) is 28.4 Å². The van der Waals surface area contributed by atoms with Gasteiger partial charge in [-0.25, -0.2) is 0 Å². The Labute approximate surface area is 194 Å². The number of carboxylic acid groups (broad SMARTS) is 1. The number of benzene rings is 2. The van der Waals surface area contributed by atoms with Crippen LogP contribution in [-0.4, -0.2) is 35.0 Å². The summed E-state index contributed by atoms with van der Waals surface area (Å²) < 4.78 is 0.752. The van der Waals surface area contributed by atoms with E-state index in [0.717, 1.165) is 5.69 Å². The summed E-state index contributed by atoms with van der Waals surface area (Å²) in [6, 6.07) is 7.74. The second-order valence-corrected chi connectivity index (χ2v) is 8.03. The molecule has 0 aliphatic heterocycles. The Morgan fingerprint density at radius 3 is 2.35 bits per heavy atom. The number of azo groups is 1. The summed E-state index contributed by atoms with van der Waals surface area (Å²) in [5.74, 6) is -1.20. The van der Waals surface area contributed by atoms with E-state index in [2.05, 4.69) is 47.4 Å². The van der Waals surface area contributed by atoms with Gasteiger partial charge in [0.15, 0.2) is 0 Å². The van der Waals surface area contributed by atoms with Gasteiger partial charge < -0.3 is 15.3 Å². The number of carbonyl (C=O) groups is 2. The van der Waals surface area contributed by atoms with Gasteiger partial charge in [-0.1, -0.05) is 0 Å². The average molecular weight is 557 g/mol. The first-order chi connectivity index (χ1) is 14.6. The summed E-state index contributed by atoms with van der Waals surface area (Å²) in [5.41, 5.74) is 1.73. The number of nitrogens with one attached hydrogen (secondary N) is 1. The lowest BCUT2D eigenvalue weighted by atomic mass is 10.2. The molecule has 0 heterocycles. The molecule has 0 bridgehead atoms. The van der Waals surface area contributed by atoms with Crippen molar-refractivity contribution >= 4 is 72.2 Å². The molecule has 0 saturated carbocycles. The van der Waals surface area contributed by atoms with Gasteiger partial charge in [0.25, 0.3) is 5.69 Å². The molecule has 12 heteroatoms.